The fourth-order valence-electron chi connectivity index (χ4n) is 11.8. The van der Waals surface area contributed by atoms with Crippen LogP contribution in [-0.4, -0.2) is 139 Å². The Bertz CT molecular complexity index is 2690. The highest BCUT2D eigenvalue weighted by atomic mass is 16.2. The maximum Gasteiger partial charge on any atom is 0.246 e. The van der Waals surface area contributed by atoms with Crippen LogP contribution in [0.1, 0.15) is 165 Å². The molecule has 8 rings (SSSR count). The van der Waals surface area contributed by atoms with Crippen LogP contribution < -0.4 is 31.9 Å². The molecule has 10 atom stereocenters. The van der Waals surface area contributed by atoms with E-state index in [1.807, 2.05) is 64.8 Å². The molecule has 0 radical (unpaired) electrons. The minimum absolute atomic E-state index is 0.0165. The summed E-state index contributed by atoms with van der Waals surface area (Å²) in [5.74, 6) is -1.36. The molecule has 0 spiro atoms. The van der Waals surface area contributed by atoms with E-state index in [2.05, 4.69) is 95.5 Å². The van der Waals surface area contributed by atoms with Crippen LogP contribution in [0.4, 0.5) is 0 Å². The van der Waals surface area contributed by atoms with Crippen LogP contribution in [0, 0.1) is 10.8 Å². The fourth-order valence-corrected chi connectivity index (χ4v) is 11.8. The number of benzene rings is 2. The van der Waals surface area contributed by atoms with Crippen molar-refractivity contribution in [1.82, 2.24) is 71.7 Å². The molecule has 2 fully saturated rings. The lowest BCUT2D eigenvalue weighted by Crippen LogP contribution is -2.59. The number of fused-ring (bicyclic) bond motifs is 2. The first-order valence-corrected chi connectivity index (χ1v) is 28.8. The summed E-state index contributed by atoms with van der Waals surface area (Å²) in [6, 6.07) is 11.9. The molecule has 4 aromatic rings. The van der Waals surface area contributed by atoms with Gasteiger partial charge in [-0.1, -0.05) is 107 Å². The van der Waals surface area contributed by atoms with Crippen molar-refractivity contribution in [1.29, 1.82) is 0 Å². The number of likely N-dealkylation sites (tertiary alicyclic amines) is 2. The van der Waals surface area contributed by atoms with Crippen molar-refractivity contribution in [3.63, 3.8) is 0 Å². The molecule has 2 aromatic carbocycles. The number of likely N-dealkylation sites (N-methyl/N-ethyl adjacent to an activating group) is 2. The van der Waals surface area contributed by atoms with Crippen LogP contribution >= 0.6 is 0 Å². The van der Waals surface area contributed by atoms with E-state index in [1.165, 1.54) is 16.7 Å². The molecule has 6 N–H and O–H groups in total. The van der Waals surface area contributed by atoms with Gasteiger partial charge < -0.3 is 41.7 Å². The van der Waals surface area contributed by atoms with Gasteiger partial charge >= 0.3 is 0 Å². The van der Waals surface area contributed by atoms with Gasteiger partial charge in [0.05, 0.1) is 53.7 Å². The third-order valence-electron chi connectivity index (χ3n) is 16.9. The zero-order valence-corrected chi connectivity index (χ0v) is 48.7. The number of nitrogens with zero attached hydrogens (tertiary/aromatic N) is 8. The Morgan fingerprint density at radius 2 is 1.05 bits per heavy atom. The predicted octanol–water partition coefficient (Wildman–Crippen LogP) is 4.94. The molecule has 432 valence electrons. The van der Waals surface area contributed by atoms with Crippen molar-refractivity contribution >= 4 is 35.3 Å². The molecular formula is C60H86N14O6. The Labute approximate surface area is 471 Å². The number of carbonyl (C=O) groups excluding carboxylic acids is 6. The second-order valence-corrected chi connectivity index (χ2v) is 24.8. The van der Waals surface area contributed by atoms with Crippen LogP contribution in [0.3, 0.4) is 0 Å². The van der Waals surface area contributed by atoms with Gasteiger partial charge in [0.15, 0.2) is 0 Å². The largest absolute Gasteiger partial charge is 0.380 e. The van der Waals surface area contributed by atoms with Crippen molar-refractivity contribution in [2.24, 2.45) is 10.8 Å². The molecule has 4 aliphatic rings. The van der Waals surface area contributed by atoms with Crippen molar-refractivity contribution in [2.45, 2.75) is 193 Å². The molecule has 4 heterocycles. The van der Waals surface area contributed by atoms with Gasteiger partial charge in [0.1, 0.15) is 23.9 Å². The zero-order valence-electron chi connectivity index (χ0n) is 48.7. The number of ketones is 1. The summed E-state index contributed by atoms with van der Waals surface area (Å²) in [6.45, 7) is 20.1. The molecule has 80 heavy (non-hydrogen) atoms. The number of nitrogens with one attached hydrogen (secondary N) is 6. The molecular weight excluding hydrogens is 1010 g/mol. The van der Waals surface area contributed by atoms with E-state index >= 15 is 0 Å². The molecule has 5 amide bonds. The summed E-state index contributed by atoms with van der Waals surface area (Å²) in [5.41, 5.74) is 5.58. The first-order valence-electron chi connectivity index (χ1n) is 28.8. The number of carbonyl (C=O) groups is 6. The second-order valence-electron chi connectivity index (χ2n) is 24.8. The van der Waals surface area contributed by atoms with E-state index in [1.54, 1.807) is 48.4 Å². The summed E-state index contributed by atoms with van der Waals surface area (Å²) < 4.78 is 3.49. The summed E-state index contributed by atoms with van der Waals surface area (Å²) in [6.07, 6.45) is 11.3. The number of amides is 5. The first kappa shape index (κ1) is 59.3. The third-order valence-corrected chi connectivity index (χ3v) is 16.9. The Balaban J connectivity index is 0.912. The quantitative estimate of drug-likeness (QED) is 0.0649. The van der Waals surface area contributed by atoms with Crippen LogP contribution in [0.2, 0.25) is 0 Å². The van der Waals surface area contributed by atoms with Crippen molar-refractivity contribution < 1.29 is 28.8 Å². The number of aryl methyl sites for hydroxylation is 4. The highest BCUT2D eigenvalue weighted by molar-refractivity contribution is 5.94. The fraction of sp³-hybridized carbons (Fsp3) is 0.600. The van der Waals surface area contributed by atoms with Gasteiger partial charge in [0.25, 0.3) is 0 Å². The number of Topliss-reactive ketones (excluding diaryl/α,β-unsaturated/α-hetero) is 1. The van der Waals surface area contributed by atoms with Crippen molar-refractivity contribution in [3.05, 3.63) is 107 Å². The van der Waals surface area contributed by atoms with Gasteiger partial charge in [0, 0.05) is 50.4 Å². The van der Waals surface area contributed by atoms with Gasteiger partial charge in [-0.3, -0.25) is 28.8 Å². The molecule has 2 aliphatic carbocycles. The summed E-state index contributed by atoms with van der Waals surface area (Å²) in [4.78, 5) is 87.3. The molecule has 2 unspecified atom stereocenters. The van der Waals surface area contributed by atoms with E-state index in [-0.39, 0.29) is 79.3 Å². The number of aromatic nitrogens is 6. The molecule has 20 heteroatoms. The second kappa shape index (κ2) is 25.3. The van der Waals surface area contributed by atoms with Gasteiger partial charge in [-0.15, -0.1) is 10.2 Å². The summed E-state index contributed by atoms with van der Waals surface area (Å²) in [5, 5.41) is 36.9. The standard InChI is InChI=1S/C60H86N14O6/c1-36(63-48-24-16-20-39-18-12-14-22-46(39)48)50-30-43(34-71(50)57(79)52(59(4,5)6)65-54(76)37(2)61-10)73-32-41(67-69-73)26-28-45(75)29-27-42-33-74(70-68-42)44-31-51(56(78)64-49-25-17-21-40-19-13-15-23-47(40)49)72(35-44)58(80)53(60(7,8)9)66-55(77)38(3)62-11/h12-15,18-19,22-23,32-33,37-38,43-44,48-53,61-63H,1,16-17,20-21,24-31,34-35H2,2-11H3,(H,64,78)(H,65,76)(H,66,77)/t37-,38?,43-,44-,48+,49+,50-,51?,52+,53+/m0/s1. The summed E-state index contributed by atoms with van der Waals surface area (Å²) in [7, 11) is 3.40. The van der Waals surface area contributed by atoms with E-state index < -0.39 is 53.1 Å². The van der Waals surface area contributed by atoms with Crippen LogP contribution in [0.5, 0.6) is 0 Å². The van der Waals surface area contributed by atoms with Gasteiger partial charge in [-0.25, -0.2) is 9.36 Å². The van der Waals surface area contributed by atoms with Gasteiger partial charge in [-0.05, 0) is 119 Å². The molecule has 2 aliphatic heterocycles. The maximum atomic E-state index is 14.8. The minimum Gasteiger partial charge on any atom is -0.380 e. The lowest BCUT2D eigenvalue weighted by atomic mass is 9.85. The first-order chi connectivity index (χ1) is 38.0. The Morgan fingerprint density at radius 1 is 0.625 bits per heavy atom. The van der Waals surface area contributed by atoms with Crippen molar-refractivity contribution in [3.8, 4) is 0 Å². The van der Waals surface area contributed by atoms with Gasteiger partial charge in [0.2, 0.25) is 29.5 Å². The normalized spacial score (nSPS) is 22.5. The van der Waals surface area contributed by atoms with E-state index in [0.717, 1.165) is 49.8 Å². The Hall–Kier alpha value is -6.80. The van der Waals surface area contributed by atoms with Crippen LogP contribution in [-0.2, 0) is 54.5 Å². The van der Waals surface area contributed by atoms with Crippen molar-refractivity contribution in [2.75, 3.05) is 27.2 Å². The lowest BCUT2D eigenvalue weighted by molar-refractivity contribution is -0.144. The molecule has 2 aromatic heterocycles. The lowest BCUT2D eigenvalue weighted by Gasteiger charge is -2.37. The Kier molecular flexibility index (Phi) is 18.8. The average molecular weight is 1100 g/mol. The highest BCUT2D eigenvalue weighted by Gasteiger charge is 2.48. The minimum atomic E-state index is -0.910. The monoisotopic (exact) mass is 1100 g/mol. The topological polar surface area (TPSA) is 242 Å². The third kappa shape index (κ3) is 13.8. The average Bonchev–Trinajstić information content (AvgIpc) is 4.29. The molecule has 0 bridgehead atoms. The highest BCUT2D eigenvalue weighted by Crippen LogP contribution is 2.37. The van der Waals surface area contributed by atoms with E-state index in [4.69, 9.17) is 0 Å². The molecule has 0 saturated carbocycles. The summed E-state index contributed by atoms with van der Waals surface area (Å²) >= 11 is 0. The molecule has 20 nitrogen and oxygen atoms in total. The van der Waals surface area contributed by atoms with Gasteiger partial charge in [-0.2, -0.15) is 0 Å². The zero-order chi connectivity index (χ0) is 57.6. The smallest absolute Gasteiger partial charge is 0.246 e. The maximum absolute atomic E-state index is 14.8. The molecule has 2 saturated heterocycles. The van der Waals surface area contributed by atoms with Crippen LogP contribution in [0.25, 0.3) is 0 Å². The van der Waals surface area contributed by atoms with E-state index in [0.29, 0.717) is 37.2 Å². The SMILES string of the molecule is C=C(N[C@@H]1CCCc2ccccc21)[C@@H]1C[C@H](n2cc(CCC(=O)CCc3cn([C@H]4CC(C(=O)N[C@@H]5CCCc6ccccc65)N(C(=O)[C@@H](NC(=O)C(C)NC)C(C)(C)C)C4)nn3)nn2)CN1C(=O)[C@@H](NC(=O)[C@H](C)NC)C(C)(C)C. The number of hydrogen-bond acceptors (Lipinski definition) is 13. The van der Waals surface area contributed by atoms with Crippen LogP contribution in [0.15, 0.2) is 73.2 Å². The predicted molar refractivity (Wildman–Crippen MR) is 304 cm³/mol. The Morgan fingerprint density at radius 3 is 1.50 bits per heavy atom. The number of hydrogen-bond donors (Lipinski definition) is 6. The number of rotatable bonds is 21. The van der Waals surface area contributed by atoms with E-state index in [9.17, 15) is 28.8 Å².